The summed E-state index contributed by atoms with van der Waals surface area (Å²) in [5, 5.41) is 14.7. The molecule has 0 radical (unpaired) electrons. The molecule has 0 spiro atoms. The maximum absolute atomic E-state index is 13.9. The highest BCUT2D eigenvalue weighted by atomic mass is 32.1. The second kappa shape index (κ2) is 5.53. The number of imidazole rings is 1. The Labute approximate surface area is 134 Å². The molecule has 0 saturated heterocycles. The van der Waals surface area contributed by atoms with Gasteiger partial charge in [-0.05, 0) is 24.3 Å². The fourth-order valence-corrected chi connectivity index (χ4v) is 3.36. The van der Waals surface area contributed by atoms with Crippen molar-refractivity contribution in [2.75, 3.05) is 0 Å². The molecule has 3 heterocycles. The van der Waals surface area contributed by atoms with Crippen LogP contribution in [0.4, 0.5) is 4.39 Å². The molecule has 1 aromatic carbocycles. The lowest BCUT2D eigenvalue weighted by atomic mass is 10.1. The summed E-state index contributed by atoms with van der Waals surface area (Å²) in [7, 11) is 0. The number of hydrogen-bond acceptors (Lipinski definition) is 5. The van der Waals surface area contributed by atoms with Crippen molar-refractivity contribution >= 4 is 16.3 Å². The highest BCUT2D eigenvalue weighted by Gasteiger charge is 2.19. The average Bonchev–Trinajstić information content (AvgIpc) is 3.13. The Balaban J connectivity index is 1.89. The first-order valence-corrected chi connectivity index (χ1v) is 7.74. The monoisotopic (exact) mass is 326 g/mol. The maximum Gasteiger partial charge on any atom is 0.213 e. The molecule has 3 aromatic heterocycles. The van der Waals surface area contributed by atoms with Crippen molar-refractivity contribution in [3.05, 3.63) is 60.3 Å². The van der Waals surface area contributed by atoms with Crippen molar-refractivity contribution in [3.8, 4) is 21.8 Å². The SMILES string of the molecule is OCc1c(-c2ccncc2)nc2sc(-c3ccccc3F)nn12. The Morgan fingerprint density at radius 3 is 2.65 bits per heavy atom. The minimum atomic E-state index is -0.329. The van der Waals surface area contributed by atoms with Crippen molar-refractivity contribution in [2.24, 2.45) is 0 Å². The standard InChI is InChI=1S/C16H11FN4OS/c17-12-4-2-1-3-11(12)15-20-21-13(9-22)14(19-16(21)23-15)10-5-7-18-8-6-10/h1-8,22H,9H2. The Morgan fingerprint density at radius 2 is 1.91 bits per heavy atom. The summed E-state index contributed by atoms with van der Waals surface area (Å²) in [6.07, 6.45) is 3.34. The third-order valence-corrected chi connectivity index (χ3v) is 4.45. The van der Waals surface area contributed by atoms with Gasteiger partial charge in [-0.1, -0.05) is 23.5 Å². The zero-order chi connectivity index (χ0) is 15.8. The number of rotatable bonds is 3. The summed E-state index contributed by atoms with van der Waals surface area (Å²) in [4.78, 5) is 9.13. The van der Waals surface area contributed by atoms with Gasteiger partial charge in [0, 0.05) is 23.5 Å². The zero-order valence-corrected chi connectivity index (χ0v) is 12.7. The van der Waals surface area contributed by atoms with Gasteiger partial charge in [0.15, 0.2) is 5.01 Å². The smallest absolute Gasteiger partial charge is 0.213 e. The van der Waals surface area contributed by atoms with Crippen LogP contribution in [0, 0.1) is 5.82 Å². The molecule has 0 amide bonds. The summed E-state index contributed by atoms with van der Waals surface area (Å²) < 4.78 is 15.5. The molecule has 7 heteroatoms. The molecular formula is C16H11FN4OS. The minimum absolute atomic E-state index is 0.209. The van der Waals surface area contributed by atoms with Crippen LogP contribution in [0.2, 0.25) is 0 Å². The van der Waals surface area contributed by atoms with Crippen LogP contribution in [-0.4, -0.2) is 24.7 Å². The van der Waals surface area contributed by atoms with Gasteiger partial charge in [0.05, 0.1) is 18.0 Å². The number of nitrogens with zero attached hydrogens (tertiary/aromatic N) is 4. The molecule has 23 heavy (non-hydrogen) atoms. The lowest BCUT2D eigenvalue weighted by molar-refractivity contribution is 0.275. The van der Waals surface area contributed by atoms with Crippen LogP contribution in [0.3, 0.4) is 0 Å². The van der Waals surface area contributed by atoms with Gasteiger partial charge >= 0.3 is 0 Å². The number of halogens is 1. The van der Waals surface area contributed by atoms with Crippen molar-refractivity contribution < 1.29 is 9.50 Å². The van der Waals surface area contributed by atoms with Gasteiger partial charge < -0.3 is 5.11 Å². The van der Waals surface area contributed by atoms with Gasteiger partial charge in [-0.25, -0.2) is 13.9 Å². The first-order chi connectivity index (χ1) is 11.3. The fraction of sp³-hybridized carbons (Fsp3) is 0.0625. The second-order valence-corrected chi connectivity index (χ2v) is 5.84. The molecule has 0 aliphatic carbocycles. The van der Waals surface area contributed by atoms with Crippen molar-refractivity contribution in [1.82, 2.24) is 19.6 Å². The van der Waals surface area contributed by atoms with E-state index >= 15 is 0 Å². The van der Waals surface area contributed by atoms with Crippen LogP contribution >= 0.6 is 11.3 Å². The molecule has 0 bridgehead atoms. The Kier molecular flexibility index (Phi) is 3.36. The third-order valence-electron chi connectivity index (χ3n) is 3.50. The number of aliphatic hydroxyl groups excluding tert-OH is 1. The van der Waals surface area contributed by atoms with Gasteiger partial charge in [0.1, 0.15) is 5.82 Å². The lowest BCUT2D eigenvalue weighted by Crippen LogP contribution is -1.96. The first kappa shape index (κ1) is 14.0. The van der Waals surface area contributed by atoms with Gasteiger partial charge in [-0.15, -0.1) is 0 Å². The number of aromatic nitrogens is 4. The molecule has 0 aliphatic rings. The maximum atomic E-state index is 13.9. The average molecular weight is 326 g/mol. The molecule has 0 aliphatic heterocycles. The Morgan fingerprint density at radius 1 is 1.13 bits per heavy atom. The number of aliphatic hydroxyl groups is 1. The number of benzene rings is 1. The lowest BCUT2D eigenvalue weighted by Gasteiger charge is -2.00. The molecule has 114 valence electrons. The summed E-state index contributed by atoms with van der Waals surface area (Å²) in [5.41, 5.74) is 2.52. The van der Waals surface area contributed by atoms with E-state index in [1.807, 2.05) is 12.1 Å². The molecule has 4 rings (SSSR count). The van der Waals surface area contributed by atoms with Crippen molar-refractivity contribution in [3.63, 3.8) is 0 Å². The summed E-state index contributed by atoms with van der Waals surface area (Å²) in [6.45, 7) is -0.209. The second-order valence-electron chi connectivity index (χ2n) is 4.88. The molecule has 0 unspecified atom stereocenters. The zero-order valence-electron chi connectivity index (χ0n) is 11.8. The summed E-state index contributed by atoms with van der Waals surface area (Å²) >= 11 is 1.28. The van der Waals surface area contributed by atoms with Gasteiger partial charge in [-0.2, -0.15) is 5.10 Å². The fourth-order valence-electron chi connectivity index (χ4n) is 2.42. The van der Waals surface area contributed by atoms with Gasteiger partial charge in [-0.3, -0.25) is 4.98 Å². The summed E-state index contributed by atoms with van der Waals surface area (Å²) in [5.74, 6) is -0.329. The van der Waals surface area contributed by atoms with E-state index in [1.54, 1.807) is 35.1 Å². The summed E-state index contributed by atoms with van der Waals surface area (Å²) in [6, 6.07) is 10.1. The number of hydrogen-bond donors (Lipinski definition) is 1. The normalized spacial score (nSPS) is 11.2. The van der Waals surface area contributed by atoms with Crippen LogP contribution < -0.4 is 0 Å². The highest BCUT2D eigenvalue weighted by molar-refractivity contribution is 7.19. The van der Waals surface area contributed by atoms with Crippen molar-refractivity contribution in [1.29, 1.82) is 0 Å². The van der Waals surface area contributed by atoms with E-state index in [2.05, 4.69) is 15.1 Å². The molecule has 0 atom stereocenters. The van der Waals surface area contributed by atoms with E-state index < -0.39 is 0 Å². The first-order valence-electron chi connectivity index (χ1n) is 6.92. The van der Waals surface area contributed by atoms with E-state index in [-0.39, 0.29) is 12.4 Å². The van der Waals surface area contributed by atoms with Gasteiger partial charge in [0.25, 0.3) is 0 Å². The number of pyridine rings is 1. The largest absolute Gasteiger partial charge is 0.390 e. The van der Waals surface area contributed by atoms with Crippen LogP contribution in [0.5, 0.6) is 0 Å². The van der Waals surface area contributed by atoms with Crippen LogP contribution in [0.1, 0.15) is 5.69 Å². The van der Waals surface area contributed by atoms with Gasteiger partial charge in [0.2, 0.25) is 4.96 Å². The predicted molar refractivity (Wildman–Crippen MR) is 85.4 cm³/mol. The molecule has 0 fully saturated rings. The van der Waals surface area contributed by atoms with E-state index in [1.165, 1.54) is 17.4 Å². The third kappa shape index (κ3) is 2.30. The van der Waals surface area contributed by atoms with Crippen LogP contribution in [0.15, 0.2) is 48.8 Å². The Bertz CT molecular complexity index is 980. The van der Waals surface area contributed by atoms with Crippen LogP contribution in [-0.2, 0) is 6.61 Å². The van der Waals surface area contributed by atoms with E-state index in [0.29, 0.717) is 26.9 Å². The topological polar surface area (TPSA) is 63.3 Å². The Hall–Kier alpha value is -2.64. The molecule has 4 aromatic rings. The van der Waals surface area contributed by atoms with Crippen molar-refractivity contribution in [2.45, 2.75) is 6.61 Å². The minimum Gasteiger partial charge on any atom is -0.390 e. The molecular weight excluding hydrogens is 315 g/mol. The molecule has 5 nitrogen and oxygen atoms in total. The number of fused-ring (bicyclic) bond motifs is 1. The quantitative estimate of drug-likeness (QED) is 0.628. The molecule has 0 saturated carbocycles. The predicted octanol–water partition coefficient (Wildman–Crippen LogP) is 3.15. The van der Waals surface area contributed by atoms with E-state index in [0.717, 1.165) is 5.56 Å². The van der Waals surface area contributed by atoms with E-state index in [4.69, 9.17) is 0 Å². The van der Waals surface area contributed by atoms with E-state index in [9.17, 15) is 9.50 Å². The van der Waals surface area contributed by atoms with Crippen LogP contribution in [0.25, 0.3) is 26.8 Å². The molecule has 1 N–H and O–H groups in total. The highest BCUT2D eigenvalue weighted by Crippen LogP contribution is 2.31.